The first kappa shape index (κ1) is 20.1. The lowest BCUT2D eigenvalue weighted by Crippen LogP contribution is -2.41. The summed E-state index contributed by atoms with van der Waals surface area (Å²) >= 11 is 0. The van der Waals surface area contributed by atoms with E-state index in [9.17, 15) is 13.2 Å². The molecule has 1 amide bonds. The first-order chi connectivity index (χ1) is 12.9. The molecule has 1 saturated carbocycles. The molecule has 3 rings (SSSR count). The topological polar surface area (TPSA) is 88.6 Å². The number of amides is 1. The fourth-order valence-corrected chi connectivity index (χ4v) is 4.29. The molecule has 8 heteroatoms. The molecule has 0 unspecified atom stereocenters. The van der Waals surface area contributed by atoms with Gasteiger partial charge in [-0.3, -0.25) is 4.79 Å². The van der Waals surface area contributed by atoms with E-state index in [0.29, 0.717) is 31.1 Å². The molecule has 0 atom stereocenters. The van der Waals surface area contributed by atoms with E-state index < -0.39 is 10.0 Å². The van der Waals surface area contributed by atoms with Gasteiger partial charge < -0.3 is 9.64 Å². The second kappa shape index (κ2) is 9.01. The molecule has 150 valence electrons. The van der Waals surface area contributed by atoms with Gasteiger partial charge in [-0.25, -0.2) is 18.1 Å². The minimum absolute atomic E-state index is 0.0135. The number of aromatic nitrogens is 1. The SMILES string of the molecule is CS(=O)(=O)NCC1CCN(C(=O)c2ccnc(OC3CCCCC3)c2)CC1. The number of hydrogen-bond donors (Lipinski definition) is 1. The highest BCUT2D eigenvalue weighted by Gasteiger charge is 2.25. The molecule has 1 saturated heterocycles. The summed E-state index contributed by atoms with van der Waals surface area (Å²) in [5.74, 6) is 0.784. The number of ether oxygens (including phenoxy) is 1. The Labute approximate surface area is 161 Å². The lowest BCUT2D eigenvalue weighted by Gasteiger charge is -2.32. The maximum Gasteiger partial charge on any atom is 0.254 e. The molecule has 1 aliphatic heterocycles. The van der Waals surface area contributed by atoms with Crippen molar-refractivity contribution in [3.05, 3.63) is 23.9 Å². The molecule has 1 N–H and O–H groups in total. The third-order valence-corrected chi connectivity index (χ3v) is 6.05. The number of nitrogens with one attached hydrogen (secondary N) is 1. The Bertz CT molecular complexity index is 739. The van der Waals surface area contributed by atoms with E-state index in [1.54, 1.807) is 18.3 Å². The molecule has 0 aromatic carbocycles. The molecule has 2 fully saturated rings. The number of piperidine rings is 1. The smallest absolute Gasteiger partial charge is 0.254 e. The van der Waals surface area contributed by atoms with Crippen LogP contribution in [0.25, 0.3) is 0 Å². The van der Waals surface area contributed by atoms with Crippen molar-refractivity contribution in [2.75, 3.05) is 25.9 Å². The third-order valence-electron chi connectivity index (χ3n) is 5.36. The number of likely N-dealkylation sites (tertiary alicyclic amines) is 1. The van der Waals surface area contributed by atoms with Crippen LogP contribution in [0.1, 0.15) is 55.3 Å². The van der Waals surface area contributed by atoms with Crippen molar-refractivity contribution in [2.45, 2.75) is 51.0 Å². The van der Waals surface area contributed by atoms with Crippen molar-refractivity contribution in [2.24, 2.45) is 5.92 Å². The maximum absolute atomic E-state index is 12.8. The van der Waals surface area contributed by atoms with Gasteiger partial charge in [0, 0.05) is 37.5 Å². The van der Waals surface area contributed by atoms with Gasteiger partial charge in [0.05, 0.1) is 6.26 Å². The molecule has 1 aromatic heterocycles. The standard InChI is InChI=1S/C19H29N3O4S/c1-27(24,25)21-14-15-8-11-22(12-9-15)19(23)16-7-10-20-18(13-16)26-17-5-3-2-4-6-17/h7,10,13,15,17,21H,2-6,8-9,11-12,14H2,1H3. The van der Waals surface area contributed by atoms with Crippen molar-refractivity contribution in [1.29, 1.82) is 0 Å². The molecule has 7 nitrogen and oxygen atoms in total. The van der Waals surface area contributed by atoms with Gasteiger partial charge in [0.15, 0.2) is 0 Å². The van der Waals surface area contributed by atoms with E-state index in [1.165, 1.54) is 25.5 Å². The van der Waals surface area contributed by atoms with E-state index >= 15 is 0 Å². The summed E-state index contributed by atoms with van der Waals surface area (Å²) in [7, 11) is -3.16. The number of nitrogens with zero attached hydrogens (tertiary/aromatic N) is 2. The Morgan fingerprint density at radius 1 is 1.22 bits per heavy atom. The van der Waals surface area contributed by atoms with Crippen molar-refractivity contribution < 1.29 is 17.9 Å². The van der Waals surface area contributed by atoms with E-state index in [0.717, 1.165) is 25.7 Å². The Hall–Kier alpha value is -1.67. The zero-order valence-electron chi connectivity index (χ0n) is 15.9. The third kappa shape index (κ3) is 6.17. The highest BCUT2D eigenvalue weighted by atomic mass is 32.2. The number of carbonyl (C=O) groups is 1. The van der Waals surface area contributed by atoms with Crippen LogP contribution in [0.2, 0.25) is 0 Å². The average Bonchev–Trinajstić information content (AvgIpc) is 2.67. The first-order valence-corrected chi connectivity index (χ1v) is 11.7. The molecule has 27 heavy (non-hydrogen) atoms. The minimum atomic E-state index is -3.16. The van der Waals surface area contributed by atoms with Gasteiger partial charge in [-0.1, -0.05) is 6.42 Å². The quantitative estimate of drug-likeness (QED) is 0.798. The fraction of sp³-hybridized carbons (Fsp3) is 0.684. The summed E-state index contributed by atoms with van der Waals surface area (Å²) in [6, 6.07) is 3.47. The molecule has 0 radical (unpaired) electrons. The summed E-state index contributed by atoms with van der Waals surface area (Å²) in [5.41, 5.74) is 0.600. The van der Waals surface area contributed by atoms with Gasteiger partial charge in [0.1, 0.15) is 6.10 Å². The van der Waals surface area contributed by atoms with Gasteiger partial charge in [-0.2, -0.15) is 0 Å². The highest BCUT2D eigenvalue weighted by molar-refractivity contribution is 7.88. The van der Waals surface area contributed by atoms with Gasteiger partial charge in [-0.15, -0.1) is 0 Å². The van der Waals surface area contributed by atoms with Crippen LogP contribution in [0.5, 0.6) is 5.88 Å². The average molecular weight is 396 g/mol. The predicted octanol–water partition coefficient (Wildman–Crippen LogP) is 2.19. The summed E-state index contributed by atoms with van der Waals surface area (Å²) < 4.78 is 31.0. The van der Waals surface area contributed by atoms with Crippen molar-refractivity contribution in [3.63, 3.8) is 0 Å². The zero-order chi connectivity index (χ0) is 19.3. The number of pyridine rings is 1. The van der Waals surface area contributed by atoms with E-state index in [1.807, 2.05) is 4.90 Å². The lowest BCUT2D eigenvalue weighted by atomic mass is 9.96. The molecule has 2 aliphatic rings. The van der Waals surface area contributed by atoms with Gasteiger partial charge in [0.2, 0.25) is 15.9 Å². The van der Waals surface area contributed by atoms with E-state index in [2.05, 4.69) is 9.71 Å². The summed E-state index contributed by atoms with van der Waals surface area (Å²) in [6.45, 7) is 1.71. The number of sulfonamides is 1. The largest absolute Gasteiger partial charge is 0.474 e. The first-order valence-electron chi connectivity index (χ1n) is 9.77. The summed E-state index contributed by atoms with van der Waals surface area (Å²) in [5, 5.41) is 0. The monoisotopic (exact) mass is 395 g/mol. The summed E-state index contributed by atoms with van der Waals surface area (Å²) in [6.07, 6.45) is 10.3. The van der Waals surface area contributed by atoms with Crippen LogP contribution in [0.3, 0.4) is 0 Å². The van der Waals surface area contributed by atoms with E-state index in [4.69, 9.17) is 4.74 Å². The normalized spacial score (nSPS) is 19.8. The maximum atomic E-state index is 12.8. The Morgan fingerprint density at radius 3 is 2.59 bits per heavy atom. The van der Waals surface area contributed by atoms with Crippen LogP contribution in [-0.4, -0.2) is 56.2 Å². The fourth-order valence-electron chi connectivity index (χ4n) is 3.75. The van der Waals surface area contributed by atoms with Gasteiger partial charge in [0.25, 0.3) is 5.91 Å². The van der Waals surface area contributed by atoms with Crippen molar-refractivity contribution in [1.82, 2.24) is 14.6 Å². The lowest BCUT2D eigenvalue weighted by molar-refractivity contribution is 0.0690. The van der Waals surface area contributed by atoms with Crippen LogP contribution in [-0.2, 0) is 10.0 Å². The number of hydrogen-bond acceptors (Lipinski definition) is 5. The van der Waals surface area contributed by atoms with Crippen LogP contribution >= 0.6 is 0 Å². The molecule has 0 bridgehead atoms. The Morgan fingerprint density at radius 2 is 1.93 bits per heavy atom. The second-order valence-electron chi connectivity index (χ2n) is 7.62. The molecule has 1 aromatic rings. The van der Waals surface area contributed by atoms with Crippen molar-refractivity contribution in [3.8, 4) is 5.88 Å². The minimum Gasteiger partial charge on any atom is -0.474 e. The predicted molar refractivity (Wildman–Crippen MR) is 103 cm³/mol. The Balaban J connectivity index is 1.53. The number of rotatable bonds is 6. The molecule has 0 spiro atoms. The van der Waals surface area contributed by atoms with Crippen molar-refractivity contribution >= 4 is 15.9 Å². The van der Waals surface area contributed by atoms with E-state index in [-0.39, 0.29) is 17.9 Å². The van der Waals surface area contributed by atoms with Gasteiger partial charge in [-0.05, 0) is 50.5 Å². The van der Waals surface area contributed by atoms with Crippen LogP contribution in [0.15, 0.2) is 18.3 Å². The highest BCUT2D eigenvalue weighted by Crippen LogP contribution is 2.24. The number of carbonyl (C=O) groups excluding carboxylic acids is 1. The molecule has 1 aliphatic carbocycles. The van der Waals surface area contributed by atoms with Crippen LogP contribution in [0, 0.1) is 5.92 Å². The zero-order valence-corrected chi connectivity index (χ0v) is 16.7. The Kier molecular flexibility index (Phi) is 6.70. The molecular formula is C19H29N3O4S. The van der Waals surface area contributed by atoms with Crippen LogP contribution in [0.4, 0.5) is 0 Å². The summed E-state index contributed by atoms with van der Waals surface area (Å²) in [4.78, 5) is 18.9. The van der Waals surface area contributed by atoms with Gasteiger partial charge >= 0.3 is 0 Å². The van der Waals surface area contributed by atoms with Crippen LogP contribution < -0.4 is 9.46 Å². The molecule has 2 heterocycles. The molecular weight excluding hydrogens is 366 g/mol. The second-order valence-corrected chi connectivity index (χ2v) is 9.45.